The van der Waals surface area contributed by atoms with E-state index in [1.165, 1.54) is 0 Å². The molecule has 2 rings (SSSR count). The third-order valence-electron chi connectivity index (χ3n) is 4.50. The molecule has 0 aromatic heterocycles. The van der Waals surface area contributed by atoms with Crippen molar-refractivity contribution in [3.8, 4) is 6.07 Å². The molecule has 6 nitrogen and oxygen atoms in total. The number of nitrogens with zero attached hydrogens (tertiary/aromatic N) is 3. The van der Waals surface area contributed by atoms with Gasteiger partial charge in [-0.3, -0.25) is 4.79 Å². The number of amides is 1. The number of carbonyl (C=O) groups excluding carboxylic acids is 1. The maximum absolute atomic E-state index is 11.5. The van der Waals surface area contributed by atoms with Crippen LogP contribution in [-0.4, -0.2) is 43.4 Å². The zero-order chi connectivity index (χ0) is 18.1. The van der Waals surface area contributed by atoms with E-state index in [2.05, 4.69) is 28.5 Å². The van der Waals surface area contributed by atoms with Gasteiger partial charge in [0, 0.05) is 33.1 Å². The van der Waals surface area contributed by atoms with E-state index in [0.717, 1.165) is 44.0 Å². The Bertz CT molecular complexity index is 630. The summed E-state index contributed by atoms with van der Waals surface area (Å²) in [6, 6.07) is 9.66. The standard InChI is InChI=1S/C19H27N5O.HI/c1-3-22-19(23-14-17-6-4-16(13-20)5-7-17)24-10-8-15(9-11-24)12-18(25)21-2;/h4-7,15H,3,8-12,14H2,1-2H3,(H,21,25)(H,22,23);1H. The molecule has 1 aromatic carbocycles. The van der Waals surface area contributed by atoms with Crippen LogP contribution in [-0.2, 0) is 11.3 Å². The molecule has 0 unspecified atom stereocenters. The van der Waals surface area contributed by atoms with Gasteiger partial charge in [0.1, 0.15) is 0 Å². The number of hydrogen-bond donors (Lipinski definition) is 2. The van der Waals surface area contributed by atoms with Crippen molar-refractivity contribution in [2.75, 3.05) is 26.7 Å². The van der Waals surface area contributed by atoms with Crippen LogP contribution in [0, 0.1) is 17.2 Å². The molecule has 2 N–H and O–H groups in total. The molecule has 0 atom stereocenters. The second kappa shape index (κ2) is 11.7. The van der Waals surface area contributed by atoms with Crippen LogP contribution in [0.25, 0.3) is 0 Å². The van der Waals surface area contributed by atoms with Gasteiger partial charge in [0.15, 0.2) is 5.96 Å². The van der Waals surface area contributed by atoms with E-state index in [0.29, 0.717) is 24.4 Å². The van der Waals surface area contributed by atoms with Gasteiger partial charge in [0.25, 0.3) is 0 Å². The molecule has 26 heavy (non-hydrogen) atoms. The zero-order valence-corrected chi connectivity index (χ0v) is 17.8. The first kappa shape index (κ1) is 22.2. The number of nitriles is 1. The lowest BCUT2D eigenvalue weighted by atomic mass is 9.93. The van der Waals surface area contributed by atoms with Gasteiger partial charge in [-0.1, -0.05) is 12.1 Å². The number of hydrogen-bond acceptors (Lipinski definition) is 3. The summed E-state index contributed by atoms with van der Waals surface area (Å²) in [7, 11) is 1.69. The number of carbonyl (C=O) groups is 1. The van der Waals surface area contributed by atoms with Crippen LogP contribution in [0.2, 0.25) is 0 Å². The monoisotopic (exact) mass is 469 g/mol. The van der Waals surface area contributed by atoms with Gasteiger partial charge in [0.05, 0.1) is 18.2 Å². The first-order valence-corrected chi connectivity index (χ1v) is 8.89. The summed E-state index contributed by atoms with van der Waals surface area (Å²) in [5.74, 6) is 1.50. The van der Waals surface area contributed by atoms with E-state index in [-0.39, 0.29) is 29.9 Å². The molecule has 1 aliphatic rings. The fourth-order valence-electron chi connectivity index (χ4n) is 2.99. The average molecular weight is 469 g/mol. The average Bonchev–Trinajstić information content (AvgIpc) is 2.66. The Labute approximate surface area is 173 Å². The summed E-state index contributed by atoms with van der Waals surface area (Å²) in [6.07, 6.45) is 2.63. The van der Waals surface area contributed by atoms with Gasteiger partial charge < -0.3 is 15.5 Å². The molecule has 0 radical (unpaired) electrons. The molecule has 0 saturated carbocycles. The van der Waals surface area contributed by atoms with Crippen molar-refractivity contribution in [2.24, 2.45) is 10.9 Å². The molecule has 1 fully saturated rings. The highest BCUT2D eigenvalue weighted by molar-refractivity contribution is 14.0. The molecule has 1 heterocycles. The Morgan fingerprint density at radius 2 is 1.96 bits per heavy atom. The predicted molar refractivity (Wildman–Crippen MR) is 114 cm³/mol. The zero-order valence-electron chi connectivity index (χ0n) is 15.5. The minimum Gasteiger partial charge on any atom is -0.359 e. The summed E-state index contributed by atoms with van der Waals surface area (Å²) in [6.45, 7) is 5.31. The highest BCUT2D eigenvalue weighted by Crippen LogP contribution is 2.20. The van der Waals surface area contributed by atoms with E-state index in [4.69, 9.17) is 10.3 Å². The molecule has 0 spiro atoms. The number of rotatable bonds is 5. The van der Waals surface area contributed by atoms with Crippen molar-refractivity contribution >= 4 is 35.8 Å². The predicted octanol–water partition coefficient (Wildman–Crippen LogP) is 2.49. The Morgan fingerprint density at radius 1 is 1.31 bits per heavy atom. The van der Waals surface area contributed by atoms with Gasteiger partial charge in [-0.2, -0.15) is 5.26 Å². The molecule has 7 heteroatoms. The minimum absolute atomic E-state index is 0. The summed E-state index contributed by atoms with van der Waals surface area (Å²) >= 11 is 0. The molecule has 1 saturated heterocycles. The summed E-state index contributed by atoms with van der Waals surface area (Å²) in [5.41, 5.74) is 1.75. The van der Waals surface area contributed by atoms with Crippen molar-refractivity contribution < 1.29 is 4.79 Å². The number of halogens is 1. The fourth-order valence-corrected chi connectivity index (χ4v) is 2.99. The molecule has 1 aliphatic heterocycles. The Hall–Kier alpha value is -1.82. The quantitative estimate of drug-likeness (QED) is 0.395. The van der Waals surface area contributed by atoms with Crippen molar-refractivity contribution in [1.82, 2.24) is 15.5 Å². The maximum Gasteiger partial charge on any atom is 0.220 e. The number of nitrogens with one attached hydrogen (secondary N) is 2. The summed E-state index contributed by atoms with van der Waals surface area (Å²) in [4.78, 5) is 18.5. The third kappa shape index (κ3) is 6.83. The van der Waals surface area contributed by atoms with Crippen molar-refractivity contribution in [3.05, 3.63) is 35.4 Å². The molecule has 0 aliphatic carbocycles. The fraction of sp³-hybridized carbons (Fsp3) is 0.526. The number of piperidine rings is 1. The largest absolute Gasteiger partial charge is 0.359 e. The van der Waals surface area contributed by atoms with E-state index >= 15 is 0 Å². The van der Waals surface area contributed by atoms with Gasteiger partial charge >= 0.3 is 0 Å². The van der Waals surface area contributed by atoms with Gasteiger partial charge in [-0.15, -0.1) is 24.0 Å². The van der Waals surface area contributed by atoms with Crippen LogP contribution in [0.3, 0.4) is 0 Å². The van der Waals surface area contributed by atoms with E-state index in [1.54, 1.807) is 7.05 Å². The van der Waals surface area contributed by atoms with Gasteiger partial charge in [0.2, 0.25) is 5.91 Å². The summed E-state index contributed by atoms with van der Waals surface area (Å²) < 4.78 is 0. The lowest BCUT2D eigenvalue weighted by molar-refractivity contribution is -0.121. The van der Waals surface area contributed by atoms with Gasteiger partial charge in [-0.05, 0) is 43.4 Å². The second-order valence-corrected chi connectivity index (χ2v) is 6.29. The highest BCUT2D eigenvalue weighted by atomic mass is 127. The highest BCUT2D eigenvalue weighted by Gasteiger charge is 2.22. The molecular formula is C19H28IN5O. The van der Waals surface area contributed by atoms with Crippen molar-refractivity contribution in [2.45, 2.75) is 32.7 Å². The van der Waals surface area contributed by atoms with Crippen molar-refractivity contribution in [3.63, 3.8) is 0 Å². The van der Waals surface area contributed by atoms with E-state index in [9.17, 15) is 4.79 Å². The number of guanidine groups is 1. The van der Waals surface area contributed by atoms with Crippen LogP contribution >= 0.6 is 24.0 Å². The van der Waals surface area contributed by atoms with Crippen LogP contribution in [0.5, 0.6) is 0 Å². The van der Waals surface area contributed by atoms with Crippen molar-refractivity contribution in [1.29, 1.82) is 5.26 Å². The first-order valence-electron chi connectivity index (χ1n) is 8.89. The molecular weight excluding hydrogens is 441 g/mol. The topological polar surface area (TPSA) is 80.5 Å². The van der Waals surface area contributed by atoms with Crippen LogP contribution in [0.4, 0.5) is 0 Å². The van der Waals surface area contributed by atoms with Crippen LogP contribution < -0.4 is 10.6 Å². The maximum atomic E-state index is 11.5. The lowest BCUT2D eigenvalue weighted by Crippen LogP contribution is -2.46. The van der Waals surface area contributed by atoms with Crippen LogP contribution in [0.1, 0.15) is 37.3 Å². The third-order valence-corrected chi connectivity index (χ3v) is 4.50. The van der Waals surface area contributed by atoms with Crippen LogP contribution in [0.15, 0.2) is 29.3 Å². The molecule has 1 amide bonds. The summed E-state index contributed by atoms with van der Waals surface area (Å²) in [5, 5.41) is 14.9. The number of likely N-dealkylation sites (tertiary alicyclic amines) is 1. The Balaban J connectivity index is 0.00000338. The second-order valence-electron chi connectivity index (χ2n) is 6.29. The number of aliphatic imine (C=N–C) groups is 1. The molecule has 142 valence electrons. The molecule has 0 bridgehead atoms. The Kier molecular flexibility index (Phi) is 10.0. The van der Waals surface area contributed by atoms with E-state index in [1.807, 2.05) is 24.3 Å². The van der Waals surface area contributed by atoms with E-state index < -0.39 is 0 Å². The first-order chi connectivity index (χ1) is 12.2. The smallest absolute Gasteiger partial charge is 0.220 e. The lowest BCUT2D eigenvalue weighted by Gasteiger charge is -2.34. The minimum atomic E-state index is 0. The molecule has 1 aromatic rings. The normalized spacial score (nSPS) is 15.0. The number of benzene rings is 1. The Morgan fingerprint density at radius 3 is 2.50 bits per heavy atom. The SMILES string of the molecule is CCNC(=NCc1ccc(C#N)cc1)N1CCC(CC(=O)NC)CC1.I. The van der Waals surface area contributed by atoms with Gasteiger partial charge in [-0.25, -0.2) is 4.99 Å².